The average Bonchev–Trinajstić information content (AvgIpc) is 3.10. The Bertz CT molecular complexity index is 1330. The molecule has 0 unspecified atom stereocenters. The van der Waals surface area contributed by atoms with Gasteiger partial charge in [-0.05, 0) is 40.1 Å². The quantitative estimate of drug-likeness (QED) is 0.325. The van der Waals surface area contributed by atoms with Crippen molar-refractivity contribution in [2.45, 2.75) is 6.92 Å². The highest BCUT2D eigenvalue weighted by Gasteiger charge is 2.12. The van der Waals surface area contributed by atoms with Crippen molar-refractivity contribution >= 4 is 59.0 Å². The third kappa shape index (κ3) is 2.96. The van der Waals surface area contributed by atoms with Gasteiger partial charge in [-0.2, -0.15) is 0 Å². The van der Waals surface area contributed by atoms with Crippen molar-refractivity contribution in [3.63, 3.8) is 0 Å². The summed E-state index contributed by atoms with van der Waals surface area (Å²) >= 11 is 1.93. The first-order chi connectivity index (χ1) is 13.1. The molecule has 132 valence electrons. The van der Waals surface area contributed by atoms with Crippen molar-refractivity contribution in [1.82, 2.24) is 0 Å². The van der Waals surface area contributed by atoms with Crippen molar-refractivity contribution in [2.75, 3.05) is 0 Å². The monoisotopic (exact) mass is 370 g/mol. The summed E-state index contributed by atoms with van der Waals surface area (Å²) in [4.78, 5) is 9.25. The van der Waals surface area contributed by atoms with E-state index in [2.05, 4.69) is 80.2 Å². The lowest BCUT2D eigenvalue weighted by Gasteiger charge is -2.03. The Kier molecular flexibility index (Phi) is 4.38. The summed E-state index contributed by atoms with van der Waals surface area (Å²) in [5.74, 6) is -0.981. The molecule has 0 aliphatic carbocycles. The Morgan fingerprint density at radius 3 is 2.22 bits per heavy atom. The van der Waals surface area contributed by atoms with Crippen molar-refractivity contribution in [1.29, 1.82) is 0 Å². The average molecular weight is 370 g/mol. The van der Waals surface area contributed by atoms with Gasteiger partial charge < -0.3 is 5.11 Å². The van der Waals surface area contributed by atoms with Crippen molar-refractivity contribution in [3.05, 3.63) is 84.9 Å². The van der Waals surface area contributed by atoms with Gasteiger partial charge in [-0.15, -0.1) is 11.3 Å². The minimum Gasteiger partial charge on any atom is -0.478 e. The predicted molar refractivity (Wildman–Crippen MR) is 117 cm³/mol. The van der Waals surface area contributed by atoms with Gasteiger partial charge in [0.15, 0.2) is 0 Å². The number of carbonyl (C=O) groups is 1. The largest absolute Gasteiger partial charge is 0.478 e. The van der Waals surface area contributed by atoms with E-state index in [1.165, 1.54) is 47.3 Å². The summed E-state index contributed by atoms with van der Waals surface area (Å²) in [6.07, 6.45) is 0.833. The van der Waals surface area contributed by atoms with E-state index < -0.39 is 5.97 Å². The van der Waals surface area contributed by atoms with Crippen LogP contribution in [0, 0.1) is 6.92 Å². The highest BCUT2D eigenvalue weighted by Crippen LogP contribution is 2.43. The minimum absolute atomic E-state index is 0.833. The molecule has 5 rings (SSSR count). The van der Waals surface area contributed by atoms with E-state index in [9.17, 15) is 4.79 Å². The summed E-state index contributed by atoms with van der Waals surface area (Å²) in [5.41, 5.74) is 1.37. The fourth-order valence-corrected chi connectivity index (χ4v) is 4.84. The highest BCUT2D eigenvalue weighted by atomic mass is 32.1. The number of carboxylic acid groups (broad SMARTS) is 1. The molecule has 0 fully saturated rings. The molecule has 0 bridgehead atoms. The lowest BCUT2D eigenvalue weighted by atomic mass is 9.99. The molecule has 3 heteroatoms. The van der Waals surface area contributed by atoms with Crippen LogP contribution in [-0.4, -0.2) is 11.1 Å². The Morgan fingerprint density at radius 1 is 0.889 bits per heavy atom. The van der Waals surface area contributed by atoms with Crippen molar-refractivity contribution < 1.29 is 9.90 Å². The first-order valence-corrected chi connectivity index (χ1v) is 9.49. The van der Waals surface area contributed by atoms with Gasteiger partial charge in [0.25, 0.3) is 0 Å². The van der Waals surface area contributed by atoms with Crippen LogP contribution in [0.2, 0.25) is 0 Å². The topological polar surface area (TPSA) is 37.3 Å². The van der Waals surface area contributed by atoms with Gasteiger partial charge in [-0.3, -0.25) is 0 Å². The molecular formula is C24H18O2S. The fraction of sp³-hybridized carbons (Fsp3) is 0.0417. The zero-order valence-corrected chi connectivity index (χ0v) is 15.7. The number of benzene rings is 4. The van der Waals surface area contributed by atoms with E-state index in [1.807, 2.05) is 11.3 Å². The number of rotatable bonds is 1. The first kappa shape index (κ1) is 17.3. The van der Waals surface area contributed by atoms with E-state index in [1.54, 1.807) is 0 Å². The molecule has 0 atom stereocenters. The third-order valence-corrected chi connectivity index (χ3v) is 6.09. The molecule has 0 radical (unpaired) electrons. The van der Waals surface area contributed by atoms with E-state index in [4.69, 9.17) is 5.11 Å². The molecule has 0 saturated heterocycles. The predicted octanol–water partition coefficient (Wildman–Crippen LogP) is 6.93. The molecule has 4 aromatic carbocycles. The molecule has 0 saturated carbocycles. The molecule has 0 aliphatic heterocycles. The smallest absolute Gasteiger partial charge is 0.327 e. The van der Waals surface area contributed by atoms with Crippen LogP contribution in [0.5, 0.6) is 0 Å². The zero-order valence-electron chi connectivity index (χ0n) is 14.9. The molecule has 0 spiro atoms. The van der Waals surface area contributed by atoms with Gasteiger partial charge in [0.2, 0.25) is 0 Å². The SMILES string of the molecule is C=CC(=O)O.Cc1cc2ccccc2c2c1sc1c3ccccc3ccc12. The van der Waals surface area contributed by atoms with Crippen LogP contribution >= 0.6 is 11.3 Å². The second-order valence-corrected chi connectivity index (χ2v) is 7.45. The number of carboxylic acids is 1. The van der Waals surface area contributed by atoms with Crippen LogP contribution in [0.15, 0.2) is 79.4 Å². The first-order valence-electron chi connectivity index (χ1n) is 8.68. The highest BCUT2D eigenvalue weighted by molar-refractivity contribution is 7.27. The van der Waals surface area contributed by atoms with Gasteiger partial charge in [0.1, 0.15) is 0 Å². The second-order valence-electron chi connectivity index (χ2n) is 6.43. The molecule has 5 aromatic rings. The summed E-state index contributed by atoms with van der Waals surface area (Å²) in [6.45, 7) is 5.19. The summed E-state index contributed by atoms with van der Waals surface area (Å²) in [6, 6.07) is 24.3. The molecule has 27 heavy (non-hydrogen) atoms. The van der Waals surface area contributed by atoms with E-state index in [0.29, 0.717) is 0 Å². The van der Waals surface area contributed by atoms with Gasteiger partial charge in [-0.1, -0.05) is 67.2 Å². The van der Waals surface area contributed by atoms with Gasteiger partial charge in [0, 0.05) is 26.2 Å². The number of aryl methyl sites for hydroxylation is 1. The van der Waals surface area contributed by atoms with E-state index >= 15 is 0 Å². The zero-order chi connectivity index (χ0) is 19.0. The Labute approximate surface area is 161 Å². The van der Waals surface area contributed by atoms with Gasteiger partial charge >= 0.3 is 5.97 Å². The molecule has 0 aliphatic rings. The summed E-state index contributed by atoms with van der Waals surface area (Å²) in [7, 11) is 0. The molecule has 2 nitrogen and oxygen atoms in total. The summed E-state index contributed by atoms with van der Waals surface area (Å²) in [5, 5.41) is 15.8. The van der Waals surface area contributed by atoms with E-state index in [0.717, 1.165) is 6.08 Å². The second kappa shape index (κ2) is 6.86. The molecule has 1 aromatic heterocycles. The summed E-state index contributed by atoms with van der Waals surface area (Å²) < 4.78 is 2.83. The maximum atomic E-state index is 9.25. The maximum Gasteiger partial charge on any atom is 0.327 e. The van der Waals surface area contributed by atoms with Crippen LogP contribution in [0.1, 0.15) is 5.56 Å². The Morgan fingerprint density at radius 2 is 1.52 bits per heavy atom. The lowest BCUT2D eigenvalue weighted by Crippen LogP contribution is -1.82. The Balaban J connectivity index is 0.000000323. The van der Waals surface area contributed by atoms with Crippen LogP contribution in [0.25, 0.3) is 41.7 Å². The normalized spacial score (nSPS) is 10.9. The van der Waals surface area contributed by atoms with Gasteiger partial charge in [0.05, 0.1) is 0 Å². The lowest BCUT2D eigenvalue weighted by molar-refractivity contribution is -0.131. The Hall–Kier alpha value is -3.17. The molecular weight excluding hydrogens is 352 g/mol. The maximum absolute atomic E-state index is 9.25. The van der Waals surface area contributed by atoms with Crippen LogP contribution in [0.3, 0.4) is 0 Å². The number of hydrogen-bond acceptors (Lipinski definition) is 2. The minimum atomic E-state index is -0.981. The van der Waals surface area contributed by atoms with Crippen LogP contribution < -0.4 is 0 Å². The van der Waals surface area contributed by atoms with Crippen molar-refractivity contribution in [3.8, 4) is 0 Å². The van der Waals surface area contributed by atoms with Crippen molar-refractivity contribution in [2.24, 2.45) is 0 Å². The third-order valence-electron chi connectivity index (χ3n) is 4.72. The number of fused-ring (bicyclic) bond motifs is 7. The van der Waals surface area contributed by atoms with E-state index in [-0.39, 0.29) is 0 Å². The van der Waals surface area contributed by atoms with Crippen LogP contribution in [0.4, 0.5) is 0 Å². The fourth-order valence-electron chi connectivity index (χ4n) is 3.52. The molecule has 1 N–H and O–H groups in total. The number of hydrogen-bond donors (Lipinski definition) is 1. The molecule has 1 heterocycles. The number of thiophene rings is 1. The number of aliphatic carboxylic acids is 1. The standard InChI is InChI=1S/C21H14S.C3H4O2/c1-13-12-15-7-3-4-8-16(15)19-18-11-10-14-6-2-5-9-17(14)21(18)22-20(13)19;1-2-3(4)5/h2-12H,1H3;2H,1H2,(H,4,5). The molecule has 0 amide bonds. The van der Waals surface area contributed by atoms with Gasteiger partial charge in [-0.25, -0.2) is 4.79 Å². The van der Waals surface area contributed by atoms with Crippen LogP contribution in [-0.2, 0) is 4.79 Å².